The van der Waals surface area contributed by atoms with Crippen LogP contribution in [0.15, 0.2) is 0 Å². The van der Waals surface area contributed by atoms with E-state index in [1.165, 1.54) is 0 Å². The van der Waals surface area contributed by atoms with Gasteiger partial charge in [0.05, 0.1) is 0 Å². The van der Waals surface area contributed by atoms with E-state index in [0.29, 0.717) is 6.42 Å². The van der Waals surface area contributed by atoms with Crippen molar-refractivity contribution in [3.63, 3.8) is 0 Å². The third-order valence-corrected chi connectivity index (χ3v) is 0.496. The molecule has 1 amide bonds. The van der Waals surface area contributed by atoms with Gasteiger partial charge in [-0.2, -0.15) is 0 Å². The second kappa shape index (κ2) is 9.63. The highest BCUT2D eigenvalue weighted by Gasteiger charge is 1.84. The van der Waals surface area contributed by atoms with Crippen molar-refractivity contribution in [3.05, 3.63) is 0 Å². The van der Waals surface area contributed by atoms with Crippen molar-refractivity contribution in [2.24, 2.45) is 5.73 Å². The van der Waals surface area contributed by atoms with Gasteiger partial charge in [-0.1, -0.05) is 6.92 Å². The molecule has 0 saturated heterocycles. The Labute approximate surface area is 48.3 Å². The number of primary amides is 1. The maximum atomic E-state index is 9.82. The number of nitrogens with two attached hydrogens (primary N) is 1. The third kappa shape index (κ3) is 18.2. The normalized spacial score (nSPS) is 6.12. The van der Waals surface area contributed by atoms with Gasteiger partial charge in [0, 0.05) is 6.42 Å². The number of carbonyl (C=O) groups is 1. The zero-order valence-electron chi connectivity index (χ0n) is 4.90. The van der Waals surface area contributed by atoms with Crippen molar-refractivity contribution in [1.82, 2.24) is 0 Å². The second-order valence-corrected chi connectivity index (χ2v) is 1.22. The molecule has 4 nitrogen and oxygen atoms in total. The number of rotatable bonds is 2. The number of hydrogen-bond acceptors (Lipinski definition) is 1. The summed E-state index contributed by atoms with van der Waals surface area (Å²) >= 11 is 0. The van der Waals surface area contributed by atoms with Gasteiger partial charge in [0.25, 0.3) is 0 Å². The summed E-state index contributed by atoms with van der Waals surface area (Å²) in [6, 6.07) is 0. The van der Waals surface area contributed by atoms with Gasteiger partial charge < -0.3 is 16.7 Å². The molecule has 0 spiro atoms. The van der Waals surface area contributed by atoms with E-state index in [1.54, 1.807) is 0 Å². The van der Waals surface area contributed by atoms with Gasteiger partial charge in [-0.05, 0) is 6.42 Å². The lowest BCUT2D eigenvalue weighted by molar-refractivity contribution is -0.118. The van der Waals surface area contributed by atoms with E-state index in [4.69, 9.17) is 5.73 Å². The standard InChI is InChI=1S/C4H9NO.2H2O/c1-2-3-4(5)6;;/h2-3H2,1H3,(H2,5,6);2*1H2. The molecule has 8 heavy (non-hydrogen) atoms. The molecule has 0 rings (SSSR count). The molecule has 4 heteroatoms. The van der Waals surface area contributed by atoms with Crippen LogP contribution in [-0.4, -0.2) is 16.9 Å². The fraction of sp³-hybridized carbons (Fsp3) is 0.750. The highest BCUT2D eigenvalue weighted by molar-refractivity contribution is 5.73. The van der Waals surface area contributed by atoms with Gasteiger partial charge in [0.2, 0.25) is 5.91 Å². The largest absolute Gasteiger partial charge is 0.412 e. The Hall–Kier alpha value is -0.610. The Morgan fingerprint density at radius 1 is 1.50 bits per heavy atom. The van der Waals surface area contributed by atoms with E-state index in [1.807, 2.05) is 6.92 Å². The minimum absolute atomic E-state index is 0. The first-order valence-electron chi connectivity index (χ1n) is 2.05. The van der Waals surface area contributed by atoms with E-state index in [-0.39, 0.29) is 16.9 Å². The second-order valence-electron chi connectivity index (χ2n) is 1.22. The zero-order valence-corrected chi connectivity index (χ0v) is 4.90. The number of amides is 1. The van der Waals surface area contributed by atoms with Crippen molar-refractivity contribution in [2.75, 3.05) is 0 Å². The van der Waals surface area contributed by atoms with Crippen LogP contribution in [0.2, 0.25) is 0 Å². The molecule has 6 N–H and O–H groups in total. The van der Waals surface area contributed by atoms with Crippen LogP contribution >= 0.6 is 0 Å². The lowest BCUT2D eigenvalue weighted by Crippen LogP contribution is -2.08. The molecule has 0 unspecified atom stereocenters. The van der Waals surface area contributed by atoms with Crippen molar-refractivity contribution in [1.29, 1.82) is 0 Å². The minimum atomic E-state index is -0.211. The van der Waals surface area contributed by atoms with Gasteiger partial charge in [-0.25, -0.2) is 0 Å². The number of hydrogen-bond donors (Lipinski definition) is 1. The van der Waals surface area contributed by atoms with Crippen LogP contribution in [0, 0.1) is 0 Å². The first kappa shape index (κ1) is 15.7. The van der Waals surface area contributed by atoms with Crippen LogP contribution in [0.3, 0.4) is 0 Å². The maximum absolute atomic E-state index is 9.82. The van der Waals surface area contributed by atoms with Gasteiger partial charge >= 0.3 is 0 Å². The molecule has 0 aliphatic rings. The minimum Gasteiger partial charge on any atom is -0.412 e. The van der Waals surface area contributed by atoms with Crippen LogP contribution in [0.1, 0.15) is 19.8 Å². The predicted molar refractivity (Wildman–Crippen MR) is 31.3 cm³/mol. The molecule has 0 saturated carbocycles. The average molecular weight is 123 g/mol. The molecule has 52 valence electrons. The molecule has 0 bridgehead atoms. The molecule has 0 radical (unpaired) electrons. The Kier molecular flexibility index (Phi) is 18.9. The lowest BCUT2D eigenvalue weighted by Gasteiger charge is -1.81. The van der Waals surface area contributed by atoms with Crippen molar-refractivity contribution in [3.8, 4) is 0 Å². The molecule has 0 fully saturated rings. The van der Waals surface area contributed by atoms with Gasteiger partial charge in [-0.15, -0.1) is 0 Å². The first-order chi connectivity index (χ1) is 2.77. The summed E-state index contributed by atoms with van der Waals surface area (Å²) in [5.74, 6) is -0.211. The molecule has 0 aliphatic heterocycles. The highest BCUT2D eigenvalue weighted by Crippen LogP contribution is 1.79. The smallest absolute Gasteiger partial charge is 0.217 e. The molecule has 0 heterocycles. The summed E-state index contributed by atoms with van der Waals surface area (Å²) < 4.78 is 0. The average Bonchev–Trinajstić information content (AvgIpc) is 1.35. The fourth-order valence-corrected chi connectivity index (χ4v) is 0.246. The lowest BCUT2D eigenvalue weighted by atomic mass is 10.3. The van der Waals surface area contributed by atoms with E-state index >= 15 is 0 Å². The molecule has 0 aromatic heterocycles. The summed E-state index contributed by atoms with van der Waals surface area (Å²) in [5.41, 5.74) is 4.76. The molecule has 0 atom stereocenters. The van der Waals surface area contributed by atoms with Gasteiger partial charge in [0.15, 0.2) is 0 Å². The van der Waals surface area contributed by atoms with Crippen LogP contribution < -0.4 is 5.73 Å². The summed E-state index contributed by atoms with van der Waals surface area (Å²) in [6.07, 6.45) is 1.37. The van der Waals surface area contributed by atoms with Crippen molar-refractivity contribution < 1.29 is 15.7 Å². The van der Waals surface area contributed by atoms with E-state index in [9.17, 15) is 4.79 Å². The van der Waals surface area contributed by atoms with Gasteiger partial charge in [-0.3, -0.25) is 4.79 Å². The van der Waals surface area contributed by atoms with E-state index in [0.717, 1.165) is 6.42 Å². The number of carbonyl (C=O) groups excluding carboxylic acids is 1. The SMILES string of the molecule is CCCC(N)=O.O.O. The van der Waals surface area contributed by atoms with Crippen molar-refractivity contribution >= 4 is 5.91 Å². The van der Waals surface area contributed by atoms with Crippen molar-refractivity contribution in [2.45, 2.75) is 19.8 Å². The van der Waals surface area contributed by atoms with Crippen LogP contribution in [-0.2, 0) is 4.79 Å². The quantitative estimate of drug-likeness (QED) is 0.480. The molecular weight excluding hydrogens is 110 g/mol. The topological polar surface area (TPSA) is 106 Å². The monoisotopic (exact) mass is 123 g/mol. The molecule has 0 aromatic carbocycles. The summed E-state index contributed by atoms with van der Waals surface area (Å²) in [5, 5.41) is 0. The zero-order chi connectivity index (χ0) is 4.99. The van der Waals surface area contributed by atoms with E-state index in [2.05, 4.69) is 0 Å². The van der Waals surface area contributed by atoms with Crippen LogP contribution in [0.25, 0.3) is 0 Å². The highest BCUT2D eigenvalue weighted by atomic mass is 16.1. The van der Waals surface area contributed by atoms with Crippen LogP contribution in [0.5, 0.6) is 0 Å². The Morgan fingerprint density at radius 2 is 1.88 bits per heavy atom. The Balaban J connectivity index is -0.000000125. The maximum Gasteiger partial charge on any atom is 0.217 e. The third-order valence-electron chi connectivity index (χ3n) is 0.496. The predicted octanol–water partition coefficient (Wildman–Crippen LogP) is -1.38. The summed E-state index contributed by atoms with van der Waals surface area (Å²) in [6.45, 7) is 1.92. The molecule has 0 aromatic rings. The Morgan fingerprint density at radius 3 is 1.88 bits per heavy atom. The molecular formula is C4H13NO3. The summed E-state index contributed by atoms with van der Waals surface area (Å²) in [7, 11) is 0. The fourth-order valence-electron chi connectivity index (χ4n) is 0.246. The molecule has 0 aliphatic carbocycles. The Bertz CT molecular complexity index is 55.2. The van der Waals surface area contributed by atoms with E-state index < -0.39 is 0 Å². The first-order valence-corrected chi connectivity index (χ1v) is 2.05. The van der Waals surface area contributed by atoms with Crippen LogP contribution in [0.4, 0.5) is 0 Å². The summed E-state index contributed by atoms with van der Waals surface area (Å²) in [4.78, 5) is 9.82. The van der Waals surface area contributed by atoms with Gasteiger partial charge in [0.1, 0.15) is 0 Å².